The lowest BCUT2D eigenvalue weighted by atomic mass is 9.99. The van der Waals surface area contributed by atoms with E-state index < -0.39 is 0 Å². The molecule has 0 saturated carbocycles. The lowest BCUT2D eigenvalue weighted by Gasteiger charge is -2.40. The third kappa shape index (κ3) is 3.26. The Labute approximate surface area is 149 Å². The summed E-state index contributed by atoms with van der Waals surface area (Å²) in [4.78, 5) is 4.88. The number of aromatic hydroxyl groups is 1. The third-order valence-corrected chi connectivity index (χ3v) is 5.26. The summed E-state index contributed by atoms with van der Waals surface area (Å²) in [5.41, 5.74) is 2.37. The molecule has 1 heterocycles. The summed E-state index contributed by atoms with van der Waals surface area (Å²) in [5, 5.41) is 12.8. The van der Waals surface area contributed by atoms with Gasteiger partial charge in [-0.15, -0.1) is 0 Å². The van der Waals surface area contributed by atoms with Crippen LogP contribution in [0.5, 0.6) is 5.75 Å². The molecule has 3 nitrogen and oxygen atoms in total. The first-order valence-corrected chi connectivity index (χ1v) is 8.89. The van der Waals surface area contributed by atoms with Gasteiger partial charge in [-0.3, -0.25) is 4.90 Å². The Morgan fingerprint density at radius 2 is 1.68 bits per heavy atom. The third-order valence-electron chi connectivity index (χ3n) is 5.26. The second kappa shape index (κ2) is 6.87. The Morgan fingerprint density at radius 3 is 2.52 bits per heavy atom. The Balaban J connectivity index is 1.70. The molecule has 0 aromatic heterocycles. The van der Waals surface area contributed by atoms with Crippen LogP contribution in [0.1, 0.15) is 17.2 Å². The fourth-order valence-corrected chi connectivity index (χ4v) is 3.83. The van der Waals surface area contributed by atoms with E-state index in [9.17, 15) is 5.11 Å². The van der Waals surface area contributed by atoms with E-state index in [1.807, 2.05) is 24.3 Å². The summed E-state index contributed by atoms with van der Waals surface area (Å²) >= 11 is 0. The van der Waals surface area contributed by atoms with Gasteiger partial charge in [-0.05, 0) is 29.4 Å². The van der Waals surface area contributed by atoms with E-state index in [-0.39, 0.29) is 0 Å². The Hall–Kier alpha value is -2.36. The molecule has 1 aliphatic rings. The molecule has 1 saturated heterocycles. The Bertz CT molecular complexity index is 862. The summed E-state index contributed by atoms with van der Waals surface area (Å²) in [7, 11) is 2.18. The molecule has 25 heavy (non-hydrogen) atoms. The average Bonchev–Trinajstić information content (AvgIpc) is 2.66. The van der Waals surface area contributed by atoms with E-state index in [0.717, 1.165) is 37.1 Å². The van der Waals surface area contributed by atoms with Crippen molar-refractivity contribution < 1.29 is 5.11 Å². The van der Waals surface area contributed by atoms with Crippen LogP contribution in [0, 0.1) is 0 Å². The van der Waals surface area contributed by atoms with Gasteiger partial charge >= 0.3 is 0 Å². The van der Waals surface area contributed by atoms with Gasteiger partial charge in [-0.1, -0.05) is 60.7 Å². The first kappa shape index (κ1) is 16.1. The van der Waals surface area contributed by atoms with Crippen molar-refractivity contribution in [2.24, 2.45) is 0 Å². The maximum absolute atomic E-state index is 10.5. The van der Waals surface area contributed by atoms with Gasteiger partial charge in [0.2, 0.25) is 0 Å². The van der Waals surface area contributed by atoms with Gasteiger partial charge in [-0.2, -0.15) is 0 Å². The molecule has 0 aliphatic carbocycles. The van der Waals surface area contributed by atoms with Crippen LogP contribution in [0.4, 0.5) is 0 Å². The number of hydrogen-bond donors (Lipinski definition) is 1. The van der Waals surface area contributed by atoms with Crippen molar-refractivity contribution in [3.63, 3.8) is 0 Å². The zero-order valence-corrected chi connectivity index (χ0v) is 14.6. The first-order valence-electron chi connectivity index (χ1n) is 8.89. The molecule has 1 atom stereocenters. The van der Waals surface area contributed by atoms with Crippen LogP contribution in [0.15, 0.2) is 66.7 Å². The van der Waals surface area contributed by atoms with Gasteiger partial charge in [0.25, 0.3) is 0 Å². The Kier molecular flexibility index (Phi) is 4.43. The van der Waals surface area contributed by atoms with E-state index >= 15 is 0 Å². The van der Waals surface area contributed by atoms with Gasteiger partial charge in [0, 0.05) is 37.8 Å². The maximum atomic E-state index is 10.5. The molecule has 3 heteroatoms. The van der Waals surface area contributed by atoms with Gasteiger partial charge < -0.3 is 10.0 Å². The number of likely N-dealkylation sites (N-methyl/N-ethyl adjacent to an activating group) is 1. The highest BCUT2D eigenvalue weighted by molar-refractivity contribution is 5.87. The number of benzene rings is 3. The van der Waals surface area contributed by atoms with E-state index in [1.165, 1.54) is 10.9 Å². The second-order valence-electron chi connectivity index (χ2n) is 6.94. The molecule has 0 spiro atoms. The normalized spacial score (nSPS) is 19.3. The standard InChI is InChI=1S/C22H24N2O/c1-23-13-14-24(21(16-23)18-8-3-2-4-9-18)15-20-19-10-6-5-7-17(19)11-12-22(20)25/h2-12,21,25H,13-16H2,1H3/t21-/m1/s1. The largest absolute Gasteiger partial charge is 0.508 e. The molecule has 3 aromatic carbocycles. The number of nitrogens with zero attached hydrogens (tertiary/aromatic N) is 2. The highest BCUT2D eigenvalue weighted by atomic mass is 16.3. The topological polar surface area (TPSA) is 26.7 Å². The molecule has 4 rings (SSSR count). The molecular formula is C22H24N2O. The van der Waals surface area contributed by atoms with Crippen molar-refractivity contribution >= 4 is 10.8 Å². The SMILES string of the molecule is CN1CCN(Cc2c(O)ccc3ccccc23)[C@@H](c2ccccc2)C1. The van der Waals surface area contributed by atoms with E-state index in [1.54, 1.807) is 0 Å². The zero-order chi connectivity index (χ0) is 17.2. The van der Waals surface area contributed by atoms with Gasteiger partial charge in [-0.25, -0.2) is 0 Å². The minimum Gasteiger partial charge on any atom is -0.508 e. The lowest BCUT2D eigenvalue weighted by Crippen LogP contribution is -2.46. The summed E-state index contributed by atoms with van der Waals surface area (Å²) < 4.78 is 0. The van der Waals surface area contributed by atoms with Crippen molar-refractivity contribution in [1.82, 2.24) is 9.80 Å². The highest BCUT2D eigenvalue weighted by Crippen LogP contribution is 2.32. The van der Waals surface area contributed by atoms with Crippen LogP contribution in [0.25, 0.3) is 10.8 Å². The molecule has 1 fully saturated rings. The number of phenols is 1. The summed E-state index contributed by atoms with van der Waals surface area (Å²) in [6.45, 7) is 3.82. The van der Waals surface area contributed by atoms with Crippen LogP contribution < -0.4 is 0 Å². The predicted molar refractivity (Wildman–Crippen MR) is 103 cm³/mol. The molecule has 1 N–H and O–H groups in total. The molecule has 0 unspecified atom stereocenters. The number of piperazine rings is 1. The molecule has 3 aromatic rings. The smallest absolute Gasteiger partial charge is 0.120 e. The number of phenolic OH excluding ortho intramolecular Hbond substituents is 1. The fraction of sp³-hybridized carbons (Fsp3) is 0.273. The van der Waals surface area contributed by atoms with E-state index in [4.69, 9.17) is 0 Å². The van der Waals surface area contributed by atoms with Gasteiger partial charge in [0.05, 0.1) is 0 Å². The minimum atomic E-state index is 0.346. The van der Waals surface area contributed by atoms with Gasteiger partial charge in [0.15, 0.2) is 0 Å². The molecule has 0 bridgehead atoms. The molecule has 0 radical (unpaired) electrons. The fourth-order valence-electron chi connectivity index (χ4n) is 3.83. The average molecular weight is 332 g/mol. The zero-order valence-electron chi connectivity index (χ0n) is 14.6. The number of rotatable bonds is 3. The summed E-state index contributed by atoms with van der Waals surface area (Å²) in [6, 6.07) is 23.2. The van der Waals surface area contributed by atoms with Crippen molar-refractivity contribution in [2.75, 3.05) is 26.7 Å². The lowest BCUT2D eigenvalue weighted by molar-refractivity contribution is 0.0831. The summed E-state index contributed by atoms with van der Waals surface area (Å²) in [6.07, 6.45) is 0. The van der Waals surface area contributed by atoms with Crippen molar-refractivity contribution in [3.05, 3.63) is 77.9 Å². The Morgan fingerprint density at radius 1 is 0.920 bits per heavy atom. The van der Waals surface area contributed by atoms with Crippen molar-refractivity contribution in [2.45, 2.75) is 12.6 Å². The van der Waals surface area contributed by atoms with Crippen LogP contribution >= 0.6 is 0 Å². The number of hydrogen-bond acceptors (Lipinski definition) is 3. The van der Waals surface area contributed by atoms with Gasteiger partial charge in [0.1, 0.15) is 5.75 Å². The molecule has 128 valence electrons. The van der Waals surface area contributed by atoms with Crippen molar-refractivity contribution in [1.29, 1.82) is 0 Å². The molecule has 0 amide bonds. The van der Waals surface area contributed by atoms with E-state index in [0.29, 0.717) is 11.8 Å². The quantitative estimate of drug-likeness (QED) is 0.784. The van der Waals surface area contributed by atoms with Crippen LogP contribution in [-0.4, -0.2) is 41.6 Å². The minimum absolute atomic E-state index is 0.346. The van der Waals surface area contributed by atoms with Crippen LogP contribution in [-0.2, 0) is 6.54 Å². The number of fused-ring (bicyclic) bond motifs is 1. The van der Waals surface area contributed by atoms with Crippen LogP contribution in [0.2, 0.25) is 0 Å². The van der Waals surface area contributed by atoms with Crippen molar-refractivity contribution in [3.8, 4) is 5.75 Å². The monoisotopic (exact) mass is 332 g/mol. The maximum Gasteiger partial charge on any atom is 0.120 e. The summed E-state index contributed by atoms with van der Waals surface area (Å²) in [5.74, 6) is 0.393. The van der Waals surface area contributed by atoms with Crippen LogP contribution in [0.3, 0.4) is 0 Å². The van der Waals surface area contributed by atoms with E-state index in [2.05, 4.69) is 59.3 Å². The first-order chi connectivity index (χ1) is 12.2. The highest BCUT2D eigenvalue weighted by Gasteiger charge is 2.27. The second-order valence-corrected chi connectivity index (χ2v) is 6.94. The molecule has 1 aliphatic heterocycles. The molecular weight excluding hydrogens is 308 g/mol. The predicted octanol–water partition coefficient (Wildman–Crippen LogP) is 4.03.